The fraction of sp³-hybridized carbons (Fsp3) is 0.444. The van der Waals surface area contributed by atoms with Gasteiger partial charge in [-0.15, -0.1) is 0 Å². The second-order valence-electron chi connectivity index (χ2n) is 6.05. The van der Waals surface area contributed by atoms with Gasteiger partial charge >= 0.3 is 0 Å². The predicted molar refractivity (Wildman–Crippen MR) is 95.5 cm³/mol. The van der Waals surface area contributed by atoms with E-state index in [0.29, 0.717) is 18.3 Å². The number of nitrogens with zero attached hydrogens (tertiary/aromatic N) is 3. The Kier molecular flexibility index (Phi) is 4.95. The van der Waals surface area contributed by atoms with Crippen molar-refractivity contribution < 1.29 is 0 Å². The summed E-state index contributed by atoms with van der Waals surface area (Å²) in [5.41, 5.74) is 8.23. The van der Waals surface area contributed by atoms with E-state index in [2.05, 4.69) is 39.2 Å². The molecule has 3 N–H and O–H groups in total. The number of rotatable bonds is 5. The SMILES string of the molecule is CCC1CCCCN1c1ncnc(NCc2ccccc2)c1N. The zero-order chi connectivity index (χ0) is 16.1. The molecule has 1 aliphatic heterocycles. The van der Waals surface area contributed by atoms with Crippen LogP contribution in [0.2, 0.25) is 0 Å². The summed E-state index contributed by atoms with van der Waals surface area (Å²) in [6.07, 6.45) is 6.44. The number of hydrogen-bond acceptors (Lipinski definition) is 5. The van der Waals surface area contributed by atoms with E-state index in [1.165, 1.54) is 24.8 Å². The fourth-order valence-electron chi connectivity index (χ4n) is 3.24. The lowest BCUT2D eigenvalue weighted by Gasteiger charge is -2.36. The van der Waals surface area contributed by atoms with Crippen molar-refractivity contribution >= 4 is 17.3 Å². The van der Waals surface area contributed by atoms with Gasteiger partial charge in [-0.1, -0.05) is 37.3 Å². The topological polar surface area (TPSA) is 67.1 Å². The van der Waals surface area contributed by atoms with Crippen molar-refractivity contribution in [2.75, 3.05) is 22.5 Å². The Bertz CT molecular complexity index is 629. The highest BCUT2D eigenvalue weighted by atomic mass is 15.2. The first-order chi connectivity index (χ1) is 11.3. The zero-order valence-corrected chi connectivity index (χ0v) is 13.7. The van der Waals surface area contributed by atoms with Crippen LogP contribution in [0.3, 0.4) is 0 Å². The standard InChI is InChI=1S/C18H25N5/c1-2-15-10-6-7-11-23(15)18-16(19)17(21-13-22-18)20-12-14-8-4-3-5-9-14/h3-5,8-9,13,15H,2,6-7,10-12,19H2,1H3,(H,20,21,22). The van der Waals surface area contributed by atoms with Crippen LogP contribution in [-0.2, 0) is 6.54 Å². The number of nitrogens with one attached hydrogen (secondary N) is 1. The highest BCUT2D eigenvalue weighted by molar-refractivity contribution is 5.75. The molecular formula is C18H25N5. The van der Waals surface area contributed by atoms with Gasteiger partial charge in [-0.3, -0.25) is 0 Å². The average Bonchev–Trinajstić information content (AvgIpc) is 2.62. The molecule has 0 saturated carbocycles. The third-order valence-electron chi connectivity index (χ3n) is 4.54. The fourth-order valence-corrected chi connectivity index (χ4v) is 3.24. The molecule has 1 aliphatic rings. The lowest BCUT2D eigenvalue weighted by atomic mass is 10.00. The van der Waals surface area contributed by atoms with Crippen LogP contribution in [0.5, 0.6) is 0 Å². The monoisotopic (exact) mass is 311 g/mol. The Morgan fingerprint density at radius 2 is 2.04 bits per heavy atom. The van der Waals surface area contributed by atoms with Gasteiger partial charge in [0, 0.05) is 19.1 Å². The first kappa shape index (κ1) is 15.6. The molecule has 1 unspecified atom stereocenters. The average molecular weight is 311 g/mol. The quantitative estimate of drug-likeness (QED) is 0.885. The lowest BCUT2D eigenvalue weighted by molar-refractivity contribution is 0.447. The first-order valence-corrected chi connectivity index (χ1v) is 8.44. The van der Waals surface area contributed by atoms with Crippen molar-refractivity contribution in [1.82, 2.24) is 9.97 Å². The maximum absolute atomic E-state index is 6.37. The summed E-state index contributed by atoms with van der Waals surface area (Å²) in [4.78, 5) is 11.1. The second-order valence-corrected chi connectivity index (χ2v) is 6.05. The summed E-state index contributed by atoms with van der Waals surface area (Å²) in [5.74, 6) is 1.60. The van der Waals surface area contributed by atoms with Gasteiger partial charge in [-0.2, -0.15) is 0 Å². The van der Waals surface area contributed by atoms with Crippen LogP contribution in [0.15, 0.2) is 36.7 Å². The van der Waals surface area contributed by atoms with E-state index in [1.807, 2.05) is 18.2 Å². The Labute approximate surface area is 137 Å². The molecule has 0 radical (unpaired) electrons. The van der Waals surface area contributed by atoms with Gasteiger partial charge < -0.3 is 16.0 Å². The van der Waals surface area contributed by atoms with Gasteiger partial charge in [0.05, 0.1) is 0 Å². The summed E-state index contributed by atoms with van der Waals surface area (Å²) in [6.45, 7) is 3.96. The molecule has 5 heteroatoms. The van der Waals surface area contributed by atoms with Crippen LogP contribution in [0.4, 0.5) is 17.3 Å². The molecule has 2 heterocycles. The van der Waals surface area contributed by atoms with Crippen LogP contribution in [0.1, 0.15) is 38.2 Å². The molecule has 3 rings (SSSR count). The molecule has 2 aromatic rings. The highest BCUT2D eigenvalue weighted by Gasteiger charge is 2.24. The number of piperidine rings is 1. The minimum atomic E-state index is 0.530. The minimum Gasteiger partial charge on any atom is -0.393 e. The van der Waals surface area contributed by atoms with Crippen molar-refractivity contribution in [3.05, 3.63) is 42.2 Å². The van der Waals surface area contributed by atoms with E-state index in [4.69, 9.17) is 5.73 Å². The minimum absolute atomic E-state index is 0.530. The molecule has 5 nitrogen and oxygen atoms in total. The van der Waals surface area contributed by atoms with E-state index in [1.54, 1.807) is 6.33 Å². The van der Waals surface area contributed by atoms with Crippen molar-refractivity contribution in [2.24, 2.45) is 0 Å². The van der Waals surface area contributed by atoms with E-state index in [-0.39, 0.29) is 0 Å². The molecular weight excluding hydrogens is 286 g/mol. The van der Waals surface area contributed by atoms with Gasteiger partial charge in [0.15, 0.2) is 11.6 Å². The second kappa shape index (κ2) is 7.31. The van der Waals surface area contributed by atoms with Crippen molar-refractivity contribution in [2.45, 2.75) is 45.2 Å². The number of anilines is 3. The third-order valence-corrected chi connectivity index (χ3v) is 4.54. The summed E-state index contributed by atoms with van der Waals surface area (Å²) < 4.78 is 0. The Balaban J connectivity index is 1.77. The Morgan fingerprint density at radius 3 is 2.83 bits per heavy atom. The van der Waals surface area contributed by atoms with Crippen molar-refractivity contribution in [1.29, 1.82) is 0 Å². The number of aromatic nitrogens is 2. The van der Waals surface area contributed by atoms with Crippen LogP contribution < -0.4 is 16.0 Å². The van der Waals surface area contributed by atoms with Crippen LogP contribution in [0, 0.1) is 0 Å². The first-order valence-electron chi connectivity index (χ1n) is 8.44. The summed E-state index contributed by atoms with van der Waals surface area (Å²) >= 11 is 0. The van der Waals surface area contributed by atoms with Crippen LogP contribution >= 0.6 is 0 Å². The van der Waals surface area contributed by atoms with Crippen molar-refractivity contribution in [3.8, 4) is 0 Å². The molecule has 1 aromatic heterocycles. The smallest absolute Gasteiger partial charge is 0.157 e. The largest absolute Gasteiger partial charge is 0.393 e. The number of nitrogens with two attached hydrogens (primary N) is 1. The lowest BCUT2D eigenvalue weighted by Crippen LogP contribution is -2.40. The predicted octanol–water partition coefficient (Wildman–Crippen LogP) is 3.44. The van der Waals surface area contributed by atoms with E-state index >= 15 is 0 Å². The molecule has 0 aliphatic carbocycles. The Morgan fingerprint density at radius 1 is 1.22 bits per heavy atom. The van der Waals surface area contributed by atoms with Gasteiger partial charge in [-0.25, -0.2) is 9.97 Å². The van der Waals surface area contributed by atoms with Crippen LogP contribution in [-0.4, -0.2) is 22.6 Å². The number of hydrogen-bond donors (Lipinski definition) is 2. The van der Waals surface area contributed by atoms with Gasteiger partial charge in [-0.05, 0) is 31.2 Å². The number of nitrogen functional groups attached to an aromatic ring is 1. The summed E-state index contributed by atoms with van der Waals surface area (Å²) in [7, 11) is 0. The van der Waals surface area contributed by atoms with Gasteiger partial charge in [0.1, 0.15) is 12.0 Å². The third kappa shape index (κ3) is 3.55. The maximum atomic E-state index is 6.37. The molecule has 0 spiro atoms. The van der Waals surface area contributed by atoms with Crippen molar-refractivity contribution in [3.63, 3.8) is 0 Å². The maximum Gasteiger partial charge on any atom is 0.157 e. The molecule has 122 valence electrons. The Hall–Kier alpha value is -2.30. The molecule has 1 fully saturated rings. The van der Waals surface area contributed by atoms with E-state index < -0.39 is 0 Å². The van der Waals surface area contributed by atoms with Gasteiger partial charge in [0.2, 0.25) is 0 Å². The molecule has 23 heavy (non-hydrogen) atoms. The normalized spacial score (nSPS) is 18.0. The molecule has 0 amide bonds. The van der Waals surface area contributed by atoms with Gasteiger partial charge in [0.25, 0.3) is 0 Å². The molecule has 0 bridgehead atoms. The van der Waals surface area contributed by atoms with Crippen LogP contribution in [0.25, 0.3) is 0 Å². The zero-order valence-electron chi connectivity index (χ0n) is 13.7. The molecule has 1 aromatic carbocycles. The van der Waals surface area contributed by atoms with E-state index in [9.17, 15) is 0 Å². The molecule has 1 atom stereocenters. The van der Waals surface area contributed by atoms with E-state index in [0.717, 1.165) is 24.6 Å². The summed E-state index contributed by atoms with van der Waals surface area (Å²) in [6, 6.07) is 10.8. The summed E-state index contributed by atoms with van der Waals surface area (Å²) in [5, 5.41) is 3.34. The highest BCUT2D eigenvalue weighted by Crippen LogP contribution is 2.32. The number of benzene rings is 1. The molecule has 1 saturated heterocycles.